The van der Waals surface area contributed by atoms with Crippen molar-refractivity contribution < 1.29 is 9.18 Å². The highest BCUT2D eigenvalue weighted by molar-refractivity contribution is 6.32. The molecule has 1 saturated heterocycles. The first-order valence-corrected chi connectivity index (χ1v) is 7.20. The van der Waals surface area contributed by atoms with E-state index in [0.717, 1.165) is 32.4 Å². The molecule has 2 heterocycles. The number of aromatic nitrogens is 3. The number of amides is 1. The summed E-state index contributed by atoms with van der Waals surface area (Å²) in [5.74, 6) is -0.548. The van der Waals surface area contributed by atoms with Gasteiger partial charge in [0.15, 0.2) is 5.69 Å². The molecule has 3 rings (SSSR count). The summed E-state index contributed by atoms with van der Waals surface area (Å²) in [5.41, 5.74) is 0.764. The Labute approximate surface area is 126 Å². The lowest BCUT2D eigenvalue weighted by Gasteiger charge is -2.25. The molecule has 7 heteroatoms. The minimum atomic E-state index is -0.423. The fourth-order valence-electron chi connectivity index (χ4n) is 2.41. The highest BCUT2D eigenvalue weighted by atomic mass is 35.5. The Hall–Kier alpha value is -1.95. The molecular weight excluding hydrogens is 295 g/mol. The van der Waals surface area contributed by atoms with Gasteiger partial charge in [0.1, 0.15) is 5.82 Å². The van der Waals surface area contributed by atoms with E-state index in [2.05, 4.69) is 10.3 Å². The van der Waals surface area contributed by atoms with Crippen LogP contribution >= 0.6 is 11.6 Å². The van der Waals surface area contributed by atoms with E-state index < -0.39 is 5.82 Å². The van der Waals surface area contributed by atoms with Crippen molar-refractivity contribution in [2.45, 2.75) is 19.3 Å². The molecule has 0 atom stereocenters. The molecule has 0 spiro atoms. The van der Waals surface area contributed by atoms with Gasteiger partial charge in [-0.25, -0.2) is 9.07 Å². The minimum absolute atomic E-state index is 0.126. The summed E-state index contributed by atoms with van der Waals surface area (Å²) in [6.45, 7) is 1.51. The zero-order valence-corrected chi connectivity index (χ0v) is 12.1. The van der Waals surface area contributed by atoms with Gasteiger partial charge < -0.3 is 4.90 Å². The molecular formula is C14H14ClFN4O. The lowest BCUT2D eigenvalue weighted by Crippen LogP contribution is -2.35. The average molecular weight is 309 g/mol. The molecule has 1 fully saturated rings. The smallest absolute Gasteiger partial charge is 0.276 e. The van der Waals surface area contributed by atoms with E-state index in [0.29, 0.717) is 5.69 Å². The number of carbonyl (C=O) groups is 1. The fourth-order valence-corrected chi connectivity index (χ4v) is 2.66. The number of nitrogens with zero attached hydrogens (tertiary/aromatic N) is 4. The molecule has 1 aromatic carbocycles. The molecule has 1 aromatic heterocycles. The Morgan fingerprint density at radius 1 is 1.24 bits per heavy atom. The highest BCUT2D eigenvalue weighted by Gasteiger charge is 2.21. The summed E-state index contributed by atoms with van der Waals surface area (Å²) in [7, 11) is 0. The summed E-state index contributed by atoms with van der Waals surface area (Å²) in [5, 5.41) is 8.03. The van der Waals surface area contributed by atoms with Crippen LogP contribution in [0.3, 0.4) is 0 Å². The number of hydrogen-bond donors (Lipinski definition) is 0. The van der Waals surface area contributed by atoms with Crippen LogP contribution < -0.4 is 0 Å². The molecule has 21 heavy (non-hydrogen) atoms. The van der Waals surface area contributed by atoms with Crippen LogP contribution in [0.25, 0.3) is 5.69 Å². The molecule has 0 N–H and O–H groups in total. The van der Waals surface area contributed by atoms with Gasteiger partial charge in [0.05, 0.1) is 16.9 Å². The molecule has 1 aliphatic heterocycles. The Morgan fingerprint density at radius 3 is 2.71 bits per heavy atom. The number of halogens is 2. The summed E-state index contributed by atoms with van der Waals surface area (Å²) in [4.78, 5) is 14.1. The third-order valence-corrected chi connectivity index (χ3v) is 3.82. The van der Waals surface area contributed by atoms with Gasteiger partial charge in [-0.05, 0) is 37.5 Å². The first kappa shape index (κ1) is 14.0. The van der Waals surface area contributed by atoms with E-state index in [1.54, 1.807) is 4.90 Å². The van der Waals surface area contributed by atoms with E-state index >= 15 is 0 Å². The number of hydrogen-bond acceptors (Lipinski definition) is 3. The number of rotatable bonds is 2. The summed E-state index contributed by atoms with van der Waals surface area (Å²) >= 11 is 5.98. The van der Waals surface area contributed by atoms with Crippen LogP contribution in [0, 0.1) is 5.82 Å². The maximum absolute atomic E-state index is 13.0. The third-order valence-electron chi connectivity index (χ3n) is 3.51. The zero-order valence-electron chi connectivity index (χ0n) is 11.3. The normalized spacial score (nSPS) is 15.2. The molecule has 0 bridgehead atoms. The van der Waals surface area contributed by atoms with Crippen LogP contribution in [0.1, 0.15) is 29.8 Å². The lowest BCUT2D eigenvalue weighted by atomic mass is 10.1. The summed E-state index contributed by atoms with van der Waals surface area (Å²) in [6, 6.07) is 3.99. The van der Waals surface area contributed by atoms with Crippen LogP contribution in [0.2, 0.25) is 5.02 Å². The van der Waals surface area contributed by atoms with Gasteiger partial charge in [0.2, 0.25) is 0 Å². The SMILES string of the molecule is O=C(c1cn(-c2ccc(F)cc2Cl)nn1)N1CCCCC1. The van der Waals surface area contributed by atoms with Crippen LogP contribution in [0.4, 0.5) is 4.39 Å². The number of carbonyl (C=O) groups excluding carboxylic acids is 1. The predicted octanol–water partition coefficient (Wildman–Crippen LogP) is 2.69. The van der Waals surface area contributed by atoms with Crippen LogP contribution in [0.15, 0.2) is 24.4 Å². The van der Waals surface area contributed by atoms with Gasteiger partial charge >= 0.3 is 0 Å². The van der Waals surface area contributed by atoms with Crippen molar-refractivity contribution in [2.75, 3.05) is 13.1 Å². The summed E-state index contributed by atoms with van der Waals surface area (Å²) < 4.78 is 14.4. The van der Waals surface area contributed by atoms with Crippen molar-refractivity contribution >= 4 is 17.5 Å². The van der Waals surface area contributed by atoms with Crippen LogP contribution in [-0.4, -0.2) is 38.9 Å². The van der Waals surface area contributed by atoms with Crippen LogP contribution in [-0.2, 0) is 0 Å². The second-order valence-electron chi connectivity index (χ2n) is 5.00. The molecule has 5 nitrogen and oxygen atoms in total. The van der Waals surface area contributed by atoms with Gasteiger partial charge in [0, 0.05) is 13.1 Å². The maximum atomic E-state index is 13.0. The largest absolute Gasteiger partial charge is 0.337 e. The van der Waals surface area contributed by atoms with Gasteiger partial charge in [-0.2, -0.15) is 0 Å². The minimum Gasteiger partial charge on any atom is -0.337 e. The van der Waals surface area contributed by atoms with E-state index in [1.165, 1.54) is 29.1 Å². The maximum Gasteiger partial charge on any atom is 0.276 e. The monoisotopic (exact) mass is 308 g/mol. The van der Waals surface area contributed by atoms with Crippen molar-refractivity contribution in [1.82, 2.24) is 19.9 Å². The second kappa shape index (κ2) is 5.81. The molecule has 0 saturated carbocycles. The van der Waals surface area contributed by atoms with Crippen molar-refractivity contribution in [3.63, 3.8) is 0 Å². The van der Waals surface area contributed by atoms with Gasteiger partial charge in [-0.1, -0.05) is 16.8 Å². The molecule has 1 amide bonds. The first-order chi connectivity index (χ1) is 10.1. The topological polar surface area (TPSA) is 51.0 Å². The molecule has 0 aliphatic carbocycles. The predicted molar refractivity (Wildman–Crippen MR) is 76.1 cm³/mol. The lowest BCUT2D eigenvalue weighted by molar-refractivity contribution is 0.0718. The van der Waals surface area contributed by atoms with Crippen molar-refractivity contribution in [1.29, 1.82) is 0 Å². The van der Waals surface area contributed by atoms with E-state index in [-0.39, 0.29) is 16.6 Å². The van der Waals surface area contributed by atoms with E-state index in [4.69, 9.17) is 11.6 Å². The number of benzene rings is 1. The molecule has 0 unspecified atom stereocenters. The van der Waals surface area contributed by atoms with E-state index in [1.807, 2.05) is 0 Å². The molecule has 0 radical (unpaired) electrons. The number of likely N-dealkylation sites (tertiary alicyclic amines) is 1. The molecule has 1 aliphatic rings. The standard InChI is InChI=1S/C14H14ClFN4O/c15-11-8-10(16)4-5-13(11)20-9-12(17-18-20)14(21)19-6-2-1-3-7-19/h4-5,8-9H,1-3,6-7H2. The Kier molecular flexibility index (Phi) is 3.88. The number of piperidine rings is 1. The third kappa shape index (κ3) is 2.90. The average Bonchev–Trinajstić information content (AvgIpc) is 2.97. The molecule has 110 valence electrons. The van der Waals surface area contributed by atoms with Gasteiger partial charge in [-0.15, -0.1) is 5.10 Å². The summed E-state index contributed by atoms with van der Waals surface area (Å²) in [6.07, 6.45) is 4.71. The Bertz CT molecular complexity index is 667. The highest BCUT2D eigenvalue weighted by Crippen LogP contribution is 2.21. The first-order valence-electron chi connectivity index (χ1n) is 6.82. The van der Waals surface area contributed by atoms with E-state index in [9.17, 15) is 9.18 Å². The van der Waals surface area contributed by atoms with Crippen molar-refractivity contribution in [3.05, 3.63) is 40.9 Å². The Morgan fingerprint density at radius 2 is 2.00 bits per heavy atom. The molecule has 2 aromatic rings. The van der Waals surface area contributed by atoms with Crippen molar-refractivity contribution in [2.24, 2.45) is 0 Å². The quantitative estimate of drug-likeness (QED) is 0.857. The van der Waals surface area contributed by atoms with Gasteiger partial charge in [-0.3, -0.25) is 4.79 Å². The van der Waals surface area contributed by atoms with Gasteiger partial charge in [0.25, 0.3) is 5.91 Å². The Balaban J connectivity index is 1.84. The van der Waals surface area contributed by atoms with Crippen molar-refractivity contribution in [3.8, 4) is 5.69 Å². The zero-order chi connectivity index (χ0) is 14.8. The van der Waals surface area contributed by atoms with Crippen LogP contribution in [0.5, 0.6) is 0 Å². The fraction of sp³-hybridized carbons (Fsp3) is 0.357. The second-order valence-corrected chi connectivity index (χ2v) is 5.40.